The third-order valence-electron chi connectivity index (χ3n) is 3.68. The van der Waals surface area contributed by atoms with Crippen molar-refractivity contribution in [2.75, 3.05) is 17.2 Å². The van der Waals surface area contributed by atoms with Crippen molar-refractivity contribution in [3.05, 3.63) is 46.3 Å². The lowest BCUT2D eigenvalue weighted by Crippen LogP contribution is -2.26. The highest BCUT2D eigenvalue weighted by Crippen LogP contribution is 2.37. The van der Waals surface area contributed by atoms with Crippen LogP contribution < -0.4 is 10.6 Å². The van der Waals surface area contributed by atoms with Gasteiger partial charge in [0.15, 0.2) is 5.11 Å². The van der Waals surface area contributed by atoms with Gasteiger partial charge in [-0.1, -0.05) is 18.2 Å². The summed E-state index contributed by atoms with van der Waals surface area (Å²) in [5.74, 6) is -0.332. The van der Waals surface area contributed by atoms with E-state index in [1.807, 2.05) is 51.1 Å². The third kappa shape index (κ3) is 4.60. The van der Waals surface area contributed by atoms with Gasteiger partial charge in [-0.2, -0.15) is 0 Å². The molecule has 138 valence electrons. The molecule has 1 aromatic carbocycles. The van der Waals surface area contributed by atoms with Crippen molar-refractivity contribution >= 4 is 45.3 Å². The molecule has 3 rings (SSSR count). The molecule has 0 saturated carbocycles. The van der Waals surface area contributed by atoms with E-state index in [0.717, 1.165) is 16.1 Å². The summed E-state index contributed by atoms with van der Waals surface area (Å²) in [7, 11) is 0. The molecule has 0 atom stereocenters. The summed E-state index contributed by atoms with van der Waals surface area (Å²) < 4.78 is 11.1. The van der Waals surface area contributed by atoms with Crippen LogP contribution in [0.15, 0.2) is 30.3 Å². The topological polar surface area (TPSA) is 59.6 Å². The Labute approximate surface area is 162 Å². The van der Waals surface area contributed by atoms with Crippen molar-refractivity contribution in [1.29, 1.82) is 0 Å². The number of rotatable bonds is 3. The first-order chi connectivity index (χ1) is 12.3. The molecule has 0 spiro atoms. The first-order valence-electron chi connectivity index (χ1n) is 8.42. The maximum Gasteiger partial charge on any atom is 0.341 e. The summed E-state index contributed by atoms with van der Waals surface area (Å²) in [5.41, 5.74) is 1.89. The second-order valence-corrected chi connectivity index (χ2v) is 8.47. The molecule has 2 N–H and O–H groups in total. The Balaban J connectivity index is 1.85. The van der Waals surface area contributed by atoms with Gasteiger partial charge in [0.05, 0.1) is 18.8 Å². The molecule has 0 saturated heterocycles. The van der Waals surface area contributed by atoms with Crippen LogP contribution in [-0.4, -0.2) is 23.3 Å². The van der Waals surface area contributed by atoms with E-state index in [4.69, 9.17) is 21.7 Å². The van der Waals surface area contributed by atoms with Crippen molar-refractivity contribution in [3.63, 3.8) is 0 Å². The summed E-state index contributed by atoms with van der Waals surface area (Å²) >= 11 is 6.91. The second kappa shape index (κ2) is 7.73. The molecule has 1 aliphatic heterocycles. The van der Waals surface area contributed by atoms with E-state index in [1.54, 1.807) is 0 Å². The number of thiocarbonyl (C=S) groups is 1. The molecule has 0 aliphatic carbocycles. The predicted molar refractivity (Wildman–Crippen MR) is 109 cm³/mol. The number of anilines is 2. The largest absolute Gasteiger partial charge is 0.456 e. The Morgan fingerprint density at radius 1 is 1.23 bits per heavy atom. The van der Waals surface area contributed by atoms with Gasteiger partial charge >= 0.3 is 5.97 Å². The normalized spacial score (nSPS) is 13.7. The monoisotopic (exact) mass is 390 g/mol. The standard InChI is InChI=1S/C19H22N2O3S2/c1-19(2,3)24-17(22)15-13-9-10-23-11-14(13)26-16(15)21-18(25)20-12-7-5-4-6-8-12/h4-8H,9-11H2,1-3H3,(H2,20,21,25). The Morgan fingerprint density at radius 3 is 2.65 bits per heavy atom. The highest BCUT2D eigenvalue weighted by atomic mass is 32.1. The molecule has 7 heteroatoms. The lowest BCUT2D eigenvalue weighted by molar-refractivity contribution is 0.00686. The fourth-order valence-corrected chi connectivity index (χ4v) is 4.11. The van der Waals surface area contributed by atoms with Gasteiger partial charge in [-0.05, 0) is 57.1 Å². The highest BCUT2D eigenvalue weighted by Gasteiger charge is 2.29. The minimum absolute atomic E-state index is 0.332. The van der Waals surface area contributed by atoms with Gasteiger partial charge in [-0.3, -0.25) is 0 Å². The van der Waals surface area contributed by atoms with Crippen LogP contribution in [0.5, 0.6) is 0 Å². The number of carbonyl (C=O) groups is 1. The molecule has 1 aromatic heterocycles. The fraction of sp³-hybridized carbons (Fsp3) is 0.368. The van der Waals surface area contributed by atoms with Crippen molar-refractivity contribution in [2.24, 2.45) is 0 Å². The summed E-state index contributed by atoms with van der Waals surface area (Å²) in [6.07, 6.45) is 0.695. The smallest absolute Gasteiger partial charge is 0.341 e. The zero-order chi connectivity index (χ0) is 18.7. The number of hydrogen-bond acceptors (Lipinski definition) is 5. The number of ether oxygens (including phenoxy) is 2. The summed E-state index contributed by atoms with van der Waals surface area (Å²) in [6, 6.07) is 9.65. The molecule has 0 bridgehead atoms. The maximum absolute atomic E-state index is 12.8. The van der Waals surface area contributed by atoms with Crippen LogP contribution in [0.4, 0.5) is 10.7 Å². The zero-order valence-corrected chi connectivity index (χ0v) is 16.7. The highest BCUT2D eigenvalue weighted by molar-refractivity contribution is 7.80. The average molecular weight is 391 g/mol. The molecule has 2 heterocycles. The minimum atomic E-state index is -0.558. The van der Waals surface area contributed by atoms with E-state index < -0.39 is 5.60 Å². The Morgan fingerprint density at radius 2 is 1.96 bits per heavy atom. The van der Waals surface area contributed by atoms with Gasteiger partial charge in [-0.25, -0.2) is 4.79 Å². The lowest BCUT2D eigenvalue weighted by atomic mass is 10.1. The molecule has 0 unspecified atom stereocenters. The number of esters is 1. The van der Waals surface area contributed by atoms with Crippen LogP contribution in [0.3, 0.4) is 0 Å². The molecular formula is C19H22N2O3S2. The van der Waals surface area contributed by atoms with Gasteiger partial charge in [-0.15, -0.1) is 11.3 Å². The number of hydrogen-bond donors (Lipinski definition) is 2. The van der Waals surface area contributed by atoms with Crippen molar-refractivity contribution in [3.8, 4) is 0 Å². The van der Waals surface area contributed by atoms with E-state index >= 15 is 0 Å². The first-order valence-corrected chi connectivity index (χ1v) is 9.64. The summed E-state index contributed by atoms with van der Waals surface area (Å²) in [6.45, 7) is 6.70. The van der Waals surface area contributed by atoms with Crippen molar-refractivity contribution < 1.29 is 14.3 Å². The van der Waals surface area contributed by atoms with E-state index in [2.05, 4.69) is 10.6 Å². The predicted octanol–water partition coefficient (Wildman–Crippen LogP) is 4.59. The van der Waals surface area contributed by atoms with Gasteiger partial charge in [0.1, 0.15) is 10.6 Å². The second-order valence-electron chi connectivity index (χ2n) is 6.96. The molecule has 0 radical (unpaired) electrons. The fourth-order valence-electron chi connectivity index (χ4n) is 2.65. The number of thiophene rings is 1. The Hall–Kier alpha value is -1.96. The van der Waals surface area contributed by atoms with Gasteiger partial charge in [0.2, 0.25) is 0 Å². The van der Waals surface area contributed by atoms with E-state index in [-0.39, 0.29) is 5.97 Å². The van der Waals surface area contributed by atoms with Crippen LogP contribution in [0.1, 0.15) is 41.6 Å². The first kappa shape index (κ1) is 18.8. The zero-order valence-electron chi connectivity index (χ0n) is 15.0. The van der Waals surface area contributed by atoms with Crippen molar-refractivity contribution in [1.82, 2.24) is 0 Å². The van der Waals surface area contributed by atoms with E-state index in [9.17, 15) is 4.79 Å². The molecule has 1 aliphatic rings. The molecule has 2 aromatic rings. The molecule has 26 heavy (non-hydrogen) atoms. The van der Waals surface area contributed by atoms with E-state index in [0.29, 0.717) is 35.3 Å². The quantitative estimate of drug-likeness (QED) is 0.591. The van der Waals surface area contributed by atoms with Crippen LogP contribution in [0.2, 0.25) is 0 Å². The number of nitrogens with one attached hydrogen (secondary N) is 2. The SMILES string of the molecule is CC(C)(C)OC(=O)c1c(NC(=S)Nc2ccccc2)sc2c1CCOC2. The molecular weight excluding hydrogens is 368 g/mol. The molecule has 0 fully saturated rings. The lowest BCUT2D eigenvalue weighted by Gasteiger charge is -2.21. The van der Waals surface area contributed by atoms with Gasteiger partial charge in [0.25, 0.3) is 0 Å². The number of para-hydroxylation sites is 1. The van der Waals surface area contributed by atoms with Crippen LogP contribution >= 0.6 is 23.6 Å². The number of fused-ring (bicyclic) bond motifs is 1. The molecule has 5 nitrogen and oxygen atoms in total. The molecule has 0 amide bonds. The van der Waals surface area contributed by atoms with Crippen LogP contribution in [0, 0.1) is 0 Å². The summed E-state index contributed by atoms with van der Waals surface area (Å²) in [4.78, 5) is 13.8. The van der Waals surface area contributed by atoms with Gasteiger partial charge in [0, 0.05) is 10.6 Å². The van der Waals surface area contributed by atoms with Gasteiger partial charge < -0.3 is 20.1 Å². The van der Waals surface area contributed by atoms with E-state index in [1.165, 1.54) is 11.3 Å². The summed E-state index contributed by atoms with van der Waals surface area (Å²) in [5, 5.41) is 7.42. The Kier molecular flexibility index (Phi) is 5.60. The number of benzene rings is 1. The number of carbonyl (C=O) groups excluding carboxylic acids is 1. The van der Waals surface area contributed by atoms with Crippen molar-refractivity contribution in [2.45, 2.75) is 39.4 Å². The average Bonchev–Trinajstić information content (AvgIpc) is 2.91. The minimum Gasteiger partial charge on any atom is -0.456 e. The third-order valence-corrected chi connectivity index (χ3v) is 5.01. The Bertz CT molecular complexity index is 810. The van der Waals surface area contributed by atoms with Crippen LogP contribution in [-0.2, 0) is 22.5 Å². The maximum atomic E-state index is 12.8. The van der Waals surface area contributed by atoms with Crippen LogP contribution in [0.25, 0.3) is 0 Å².